The van der Waals surface area contributed by atoms with Gasteiger partial charge in [-0.25, -0.2) is 4.79 Å². The number of amides is 1. The van der Waals surface area contributed by atoms with Crippen LogP contribution in [-0.2, 0) is 10.9 Å². The smallest absolute Gasteiger partial charge is 0.416 e. The number of nitrogens with zero attached hydrogens (tertiary/aromatic N) is 3. The molecule has 1 aromatic rings. The zero-order valence-corrected chi connectivity index (χ0v) is 21.4. The zero-order chi connectivity index (χ0) is 24.4. The van der Waals surface area contributed by atoms with Crippen LogP contribution in [0.25, 0.3) is 0 Å². The van der Waals surface area contributed by atoms with Crippen molar-refractivity contribution in [3.63, 3.8) is 0 Å². The molecule has 33 heavy (non-hydrogen) atoms. The Labute approximate surface area is 196 Å². The maximum atomic E-state index is 13.8. The Morgan fingerprint density at radius 1 is 1.00 bits per heavy atom. The van der Waals surface area contributed by atoms with Crippen LogP contribution in [0.2, 0.25) is 13.1 Å². The van der Waals surface area contributed by atoms with E-state index in [1.54, 1.807) is 4.90 Å². The van der Waals surface area contributed by atoms with E-state index in [1.165, 1.54) is 12.1 Å². The van der Waals surface area contributed by atoms with E-state index in [9.17, 15) is 18.0 Å². The predicted octanol–water partition coefficient (Wildman–Crippen LogP) is 3.12. The summed E-state index contributed by atoms with van der Waals surface area (Å²) in [6, 6.07) is 4.56. The van der Waals surface area contributed by atoms with Crippen LogP contribution < -0.4 is 15.4 Å². The van der Waals surface area contributed by atoms with Crippen LogP contribution in [0.3, 0.4) is 0 Å². The Hall–Kier alpha value is -1.78. The summed E-state index contributed by atoms with van der Waals surface area (Å²) in [4.78, 5) is 18.3. The lowest BCUT2D eigenvalue weighted by atomic mass is 10.1. The number of hydrogen-bond acceptors (Lipinski definition) is 5. The average Bonchev–Trinajstić information content (AvgIpc) is 2.72. The molecule has 2 aliphatic rings. The summed E-state index contributed by atoms with van der Waals surface area (Å²) in [5, 5.41) is 4.15. The Morgan fingerprint density at radius 2 is 1.61 bits per heavy atom. The van der Waals surface area contributed by atoms with Crippen molar-refractivity contribution in [1.29, 1.82) is 0 Å². The van der Waals surface area contributed by atoms with Gasteiger partial charge in [0.05, 0.1) is 13.6 Å². The molecule has 0 spiro atoms. The lowest BCUT2D eigenvalue weighted by Crippen LogP contribution is -2.56. The highest BCUT2D eigenvalue weighted by atomic mass is 28.3. The fourth-order valence-electron chi connectivity index (χ4n) is 4.34. The van der Waals surface area contributed by atoms with Crippen LogP contribution in [0.15, 0.2) is 18.2 Å². The molecule has 0 radical (unpaired) electrons. The molecule has 1 amide bonds. The number of nitrogens with one attached hydrogen (secondary N) is 1. The predicted molar refractivity (Wildman–Crippen MR) is 128 cm³/mol. The van der Waals surface area contributed by atoms with E-state index < -0.39 is 25.4 Å². The van der Waals surface area contributed by atoms with Gasteiger partial charge in [-0.05, 0) is 39.1 Å². The summed E-state index contributed by atoms with van der Waals surface area (Å²) < 4.78 is 46.8. The van der Waals surface area contributed by atoms with Gasteiger partial charge in [-0.15, -0.1) is 0 Å². The third-order valence-corrected chi connectivity index (χ3v) is 9.24. The van der Waals surface area contributed by atoms with Crippen LogP contribution >= 0.6 is 0 Å². The third-order valence-electron chi connectivity index (χ3n) is 6.15. The molecule has 0 aromatic heterocycles. The van der Waals surface area contributed by atoms with Crippen LogP contribution in [0.5, 0.6) is 0 Å². The van der Waals surface area contributed by atoms with Crippen LogP contribution in [-0.4, -0.2) is 88.1 Å². The minimum absolute atomic E-state index is 0.378. The first-order valence-corrected chi connectivity index (χ1v) is 14.8. The number of rotatable bonds is 4. The molecule has 0 unspecified atom stereocenters. The first-order chi connectivity index (χ1) is 15.2. The Bertz CT molecular complexity index is 828. The summed E-state index contributed by atoms with van der Waals surface area (Å²) in [6.45, 7) is 15.2. The van der Waals surface area contributed by atoms with Gasteiger partial charge in [0.2, 0.25) is 0 Å². The van der Waals surface area contributed by atoms with Gasteiger partial charge < -0.3 is 24.8 Å². The molecule has 186 valence electrons. The van der Waals surface area contributed by atoms with E-state index in [0.29, 0.717) is 31.9 Å². The number of piperazine rings is 2. The molecule has 0 saturated carbocycles. The average molecular weight is 487 g/mol. The van der Waals surface area contributed by atoms with E-state index in [4.69, 9.17) is 4.74 Å². The van der Waals surface area contributed by atoms with Crippen LogP contribution in [0.4, 0.5) is 23.7 Å². The Morgan fingerprint density at radius 3 is 2.15 bits per heavy atom. The maximum absolute atomic E-state index is 13.8. The molecule has 3 rings (SSSR count). The standard InChI is InChI=1S/C23H37F3N4O2Si/c1-22(2,3)32-21(31)30-12-10-29(11-13-30)19-14-18(23(24,25)26)15-20(16-19)33(4,5)17-28-8-6-27-7-9-28/h14-16,27H,6-13,17H2,1-5H3. The number of alkyl halides is 3. The highest BCUT2D eigenvalue weighted by Gasteiger charge is 2.36. The fourth-order valence-corrected chi connectivity index (χ4v) is 7.04. The van der Waals surface area contributed by atoms with E-state index in [-0.39, 0.29) is 6.09 Å². The highest BCUT2D eigenvalue weighted by molar-refractivity contribution is 6.90. The second-order valence-electron chi connectivity index (χ2n) is 10.6. The molecule has 2 fully saturated rings. The molecule has 0 atom stereocenters. The van der Waals surface area contributed by atoms with E-state index in [2.05, 4.69) is 23.3 Å². The quantitative estimate of drug-likeness (QED) is 0.663. The third kappa shape index (κ3) is 7.10. The molecule has 2 saturated heterocycles. The molecule has 2 heterocycles. The van der Waals surface area contributed by atoms with E-state index in [0.717, 1.165) is 37.5 Å². The van der Waals surface area contributed by atoms with Gasteiger partial charge in [0, 0.05) is 58.0 Å². The fraction of sp³-hybridized carbons (Fsp3) is 0.696. The molecule has 10 heteroatoms. The first kappa shape index (κ1) is 25.8. The van der Waals surface area contributed by atoms with Crippen molar-refractivity contribution in [3.8, 4) is 0 Å². The van der Waals surface area contributed by atoms with E-state index >= 15 is 0 Å². The monoisotopic (exact) mass is 486 g/mol. The van der Waals surface area contributed by atoms with Gasteiger partial charge in [-0.1, -0.05) is 24.3 Å². The maximum Gasteiger partial charge on any atom is 0.416 e. The largest absolute Gasteiger partial charge is 0.444 e. The number of hydrogen-bond donors (Lipinski definition) is 1. The summed E-state index contributed by atoms with van der Waals surface area (Å²) in [6.07, 6.45) is -3.94. The molecular formula is C23H37F3N4O2Si. The second kappa shape index (κ2) is 9.83. The van der Waals surface area contributed by atoms with Gasteiger partial charge in [0.1, 0.15) is 5.60 Å². The minimum atomic E-state index is -4.40. The lowest BCUT2D eigenvalue weighted by Gasteiger charge is -2.38. The van der Waals surface area contributed by atoms with Crippen molar-refractivity contribution in [2.45, 2.75) is 45.6 Å². The summed E-state index contributed by atoms with van der Waals surface area (Å²) in [5.74, 6) is 0. The summed E-state index contributed by atoms with van der Waals surface area (Å²) in [7, 11) is -2.14. The lowest BCUT2D eigenvalue weighted by molar-refractivity contribution is -0.137. The Kier molecular flexibility index (Phi) is 7.70. The molecule has 2 aliphatic heterocycles. The number of halogens is 3. The number of anilines is 1. The van der Waals surface area contributed by atoms with Gasteiger partial charge >= 0.3 is 12.3 Å². The van der Waals surface area contributed by atoms with Crippen molar-refractivity contribution in [1.82, 2.24) is 15.1 Å². The second-order valence-corrected chi connectivity index (χ2v) is 15.3. The molecule has 0 aliphatic carbocycles. The van der Waals surface area contributed by atoms with Crippen LogP contribution in [0, 0.1) is 0 Å². The van der Waals surface area contributed by atoms with Gasteiger partial charge in [0.15, 0.2) is 0 Å². The summed E-state index contributed by atoms with van der Waals surface area (Å²) in [5.41, 5.74) is -0.583. The van der Waals surface area contributed by atoms with Crippen molar-refractivity contribution in [2.24, 2.45) is 0 Å². The van der Waals surface area contributed by atoms with Gasteiger partial charge in [-0.2, -0.15) is 13.2 Å². The molecule has 1 N–H and O–H groups in total. The molecule has 1 aromatic carbocycles. The number of carbonyl (C=O) groups excluding carboxylic acids is 1. The molecular weight excluding hydrogens is 449 g/mol. The normalized spacial score (nSPS) is 19.0. The van der Waals surface area contributed by atoms with Gasteiger partial charge in [-0.3, -0.25) is 0 Å². The van der Waals surface area contributed by atoms with Crippen molar-refractivity contribution in [2.75, 3.05) is 63.4 Å². The van der Waals surface area contributed by atoms with Crippen LogP contribution in [0.1, 0.15) is 26.3 Å². The first-order valence-electron chi connectivity index (χ1n) is 11.6. The highest BCUT2D eigenvalue weighted by Crippen LogP contribution is 2.32. The zero-order valence-electron chi connectivity index (χ0n) is 20.4. The number of carbonyl (C=O) groups is 1. The number of benzene rings is 1. The van der Waals surface area contributed by atoms with E-state index in [1.807, 2.05) is 31.7 Å². The topological polar surface area (TPSA) is 48.1 Å². The van der Waals surface area contributed by atoms with Gasteiger partial charge in [0.25, 0.3) is 0 Å². The van der Waals surface area contributed by atoms with Crippen molar-refractivity contribution < 1.29 is 22.7 Å². The molecule has 6 nitrogen and oxygen atoms in total. The number of ether oxygens (including phenoxy) is 1. The summed E-state index contributed by atoms with van der Waals surface area (Å²) >= 11 is 0. The van der Waals surface area contributed by atoms with Crippen molar-refractivity contribution >= 4 is 25.0 Å². The molecule has 0 bridgehead atoms. The Balaban J connectivity index is 1.79. The SMILES string of the molecule is CC(C)(C)OC(=O)N1CCN(c2cc(C(F)(F)F)cc([Si](C)(C)CN3CCNCC3)c2)CC1. The van der Waals surface area contributed by atoms with Crippen molar-refractivity contribution in [3.05, 3.63) is 23.8 Å². The minimum Gasteiger partial charge on any atom is -0.444 e.